The van der Waals surface area contributed by atoms with Gasteiger partial charge >= 0.3 is 0 Å². The fraction of sp³-hybridized carbons (Fsp3) is 1.00. The Morgan fingerprint density at radius 3 is 2.67 bits per heavy atom. The normalized spacial score (nSPS) is 48.2. The predicted octanol–water partition coefficient (Wildman–Crippen LogP) is 3.32. The molecule has 1 nitrogen and oxygen atoms in total. The number of halogens is 1. The molecule has 0 aromatic heterocycles. The smallest absolute Gasteiger partial charge is 0.110 e. The SMILES string of the molecule is CC(Br)OC1(C)CC2CCC1C2. The molecule has 0 aliphatic heterocycles. The fourth-order valence-electron chi connectivity index (χ4n) is 3.07. The van der Waals surface area contributed by atoms with Crippen LogP contribution in [0.2, 0.25) is 0 Å². The third kappa shape index (κ3) is 1.44. The zero-order valence-electron chi connectivity index (χ0n) is 7.85. The Morgan fingerprint density at radius 2 is 2.25 bits per heavy atom. The molecule has 0 amide bonds. The summed E-state index contributed by atoms with van der Waals surface area (Å²) in [6.45, 7) is 4.35. The van der Waals surface area contributed by atoms with Gasteiger partial charge in [0.1, 0.15) is 5.01 Å². The van der Waals surface area contributed by atoms with Crippen molar-refractivity contribution in [3.8, 4) is 0 Å². The summed E-state index contributed by atoms with van der Waals surface area (Å²) < 4.78 is 5.95. The largest absolute Gasteiger partial charge is 0.361 e. The lowest BCUT2D eigenvalue weighted by molar-refractivity contribution is -0.0742. The summed E-state index contributed by atoms with van der Waals surface area (Å²) in [4.78, 5) is 0. The van der Waals surface area contributed by atoms with E-state index in [1.165, 1.54) is 25.7 Å². The van der Waals surface area contributed by atoms with E-state index in [-0.39, 0.29) is 10.6 Å². The Hall–Kier alpha value is 0.440. The second kappa shape index (κ2) is 2.98. The van der Waals surface area contributed by atoms with Gasteiger partial charge in [0, 0.05) is 0 Å². The molecular formula is C10H17BrO. The van der Waals surface area contributed by atoms with Crippen molar-refractivity contribution >= 4 is 15.9 Å². The minimum absolute atomic E-state index is 0.186. The van der Waals surface area contributed by atoms with Gasteiger partial charge < -0.3 is 4.74 Å². The molecule has 70 valence electrons. The highest BCUT2D eigenvalue weighted by molar-refractivity contribution is 9.09. The molecule has 12 heavy (non-hydrogen) atoms. The van der Waals surface area contributed by atoms with Crippen molar-refractivity contribution in [1.29, 1.82) is 0 Å². The van der Waals surface area contributed by atoms with Crippen molar-refractivity contribution in [3.63, 3.8) is 0 Å². The van der Waals surface area contributed by atoms with Gasteiger partial charge in [-0.05, 0) is 51.4 Å². The van der Waals surface area contributed by atoms with Crippen molar-refractivity contribution in [3.05, 3.63) is 0 Å². The van der Waals surface area contributed by atoms with Crippen LogP contribution in [0.3, 0.4) is 0 Å². The molecular weight excluding hydrogens is 216 g/mol. The number of ether oxygens (including phenoxy) is 1. The quantitative estimate of drug-likeness (QED) is 0.665. The van der Waals surface area contributed by atoms with Crippen molar-refractivity contribution in [2.45, 2.75) is 50.1 Å². The van der Waals surface area contributed by atoms with Gasteiger partial charge in [0.05, 0.1) is 5.60 Å². The van der Waals surface area contributed by atoms with Gasteiger partial charge in [0.15, 0.2) is 0 Å². The lowest BCUT2D eigenvalue weighted by Crippen LogP contribution is -2.36. The first kappa shape index (κ1) is 9.01. The zero-order chi connectivity index (χ0) is 8.77. The molecule has 0 heterocycles. The Balaban J connectivity index is 2.03. The van der Waals surface area contributed by atoms with E-state index >= 15 is 0 Å². The van der Waals surface area contributed by atoms with Gasteiger partial charge in [-0.1, -0.05) is 15.9 Å². The van der Waals surface area contributed by atoms with Crippen LogP contribution in [0.4, 0.5) is 0 Å². The lowest BCUT2D eigenvalue weighted by atomic mass is 9.86. The monoisotopic (exact) mass is 232 g/mol. The van der Waals surface area contributed by atoms with Gasteiger partial charge in [-0.15, -0.1) is 0 Å². The van der Waals surface area contributed by atoms with Crippen molar-refractivity contribution in [2.75, 3.05) is 0 Å². The molecule has 0 spiro atoms. The minimum Gasteiger partial charge on any atom is -0.361 e. The number of rotatable bonds is 2. The minimum atomic E-state index is 0.186. The van der Waals surface area contributed by atoms with Crippen LogP contribution in [-0.2, 0) is 4.74 Å². The second-order valence-electron chi connectivity index (χ2n) is 4.55. The molecule has 0 aromatic rings. The predicted molar refractivity (Wildman–Crippen MR) is 53.3 cm³/mol. The first-order valence-corrected chi connectivity index (χ1v) is 5.83. The summed E-state index contributed by atoms with van der Waals surface area (Å²) >= 11 is 3.47. The summed E-state index contributed by atoms with van der Waals surface area (Å²) in [5.41, 5.74) is 0.186. The number of fused-ring (bicyclic) bond motifs is 2. The standard InChI is InChI=1S/C10H17BrO/c1-7(11)12-10(2)6-8-3-4-9(10)5-8/h7-9H,3-6H2,1-2H3. The summed E-state index contributed by atoms with van der Waals surface area (Å²) in [6, 6.07) is 0. The topological polar surface area (TPSA) is 9.23 Å². The van der Waals surface area contributed by atoms with Gasteiger partial charge in [-0.2, -0.15) is 0 Å². The van der Waals surface area contributed by atoms with Gasteiger partial charge in [0.25, 0.3) is 0 Å². The maximum atomic E-state index is 5.95. The Kier molecular flexibility index (Phi) is 2.24. The average molecular weight is 233 g/mol. The molecule has 2 aliphatic rings. The molecule has 2 heteroatoms. The van der Waals surface area contributed by atoms with Gasteiger partial charge in [0.2, 0.25) is 0 Å². The van der Waals surface area contributed by atoms with Crippen molar-refractivity contribution < 1.29 is 4.74 Å². The van der Waals surface area contributed by atoms with E-state index in [1.54, 1.807) is 0 Å². The van der Waals surface area contributed by atoms with Crippen LogP contribution in [0, 0.1) is 11.8 Å². The molecule has 0 radical (unpaired) electrons. The summed E-state index contributed by atoms with van der Waals surface area (Å²) in [5.74, 6) is 1.80. The lowest BCUT2D eigenvalue weighted by Gasteiger charge is -2.35. The van der Waals surface area contributed by atoms with Crippen LogP contribution in [-0.4, -0.2) is 10.6 Å². The van der Waals surface area contributed by atoms with E-state index in [0.717, 1.165) is 11.8 Å². The molecule has 0 saturated heterocycles. The Bertz CT molecular complexity index is 181. The zero-order valence-corrected chi connectivity index (χ0v) is 9.43. The van der Waals surface area contributed by atoms with E-state index in [9.17, 15) is 0 Å². The molecule has 2 bridgehead atoms. The number of alkyl halides is 1. The molecule has 2 fully saturated rings. The number of hydrogen-bond donors (Lipinski definition) is 0. The van der Waals surface area contributed by atoms with Crippen LogP contribution in [0.5, 0.6) is 0 Å². The van der Waals surface area contributed by atoms with Crippen LogP contribution >= 0.6 is 15.9 Å². The average Bonchev–Trinajstić information content (AvgIpc) is 2.42. The van der Waals surface area contributed by atoms with Crippen molar-refractivity contribution in [2.24, 2.45) is 11.8 Å². The first-order valence-electron chi connectivity index (χ1n) is 4.92. The summed E-state index contributed by atoms with van der Waals surface area (Å²) in [5, 5.41) is 0.210. The van der Waals surface area contributed by atoms with E-state index in [2.05, 4.69) is 29.8 Å². The van der Waals surface area contributed by atoms with Crippen LogP contribution in [0.25, 0.3) is 0 Å². The summed E-state index contributed by atoms with van der Waals surface area (Å²) in [7, 11) is 0. The molecule has 2 aliphatic carbocycles. The third-order valence-corrected chi connectivity index (χ3v) is 3.72. The van der Waals surface area contributed by atoms with E-state index in [0.29, 0.717) is 0 Å². The highest BCUT2D eigenvalue weighted by Crippen LogP contribution is 2.52. The Labute approximate surface area is 83.0 Å². The first-order chi connectivity index (χ1) is 5.60. The van der Waals surface area contributed by atoms with Crippen LogP contribution < -0.4 is 0 Å². The molecule has 0 N–H and O–H groups in total. The van der Waals surface area contributed by atoms with Crippen LogP contribution in [0.1, 0.15) is 39.5 Å². The summed E-state index contributed by atoms with van der Waals surface area (Å²) in [6.07, 6.45) is 5.53. The van der Waals surface area contributed by atoms with Crippen molar-refractivity contribution in [1.82, 2.24) is 0 Å². The van der Waals surface area contributed by atoms with E-state index in [4.69, 9.17) is 4.74 Å². The molecule has 2 saturated carbocycles. The molecule has 2 rings (SSSR count). The second-order valence-corrected chi connectivity index (χ2v) is 5.84. The molecule has 0 aromatic carbocycles. The van der Waals surface area contributed by atoms with Gasteiger partial charge in [-0.25, -0.2) is 0 Å². The number of hydrogen-bond acceptors (Lipinski definition) is 1. The van der Waals surface area contributed by atoms with E-state index < -0.39 is 0 Å². The maximum Gasteiger partial charge on any atom is 0.110 e. The Morgan fingerprint density at radius 1 is 1.50 bits per heavy atom. The third-order valence-electron chi connectivity index (χ3n) is 3.53. The highest BCUT2D eigenvalue weighted by Gasteiger charge is 2.49. The molecule has 4 atom stereocenters. The van der Waals surface area contributed by atoms with E-state index in [1.807, 2.05) is 0 Å². The highest BCUT2D eigenvalue weighted by atomic mass is 79.9. The van der Waals surface area contributed by atoms with Crippen LogP contribution in [0.15, 0.2) is 0 Å². The van der Waals surface area contributed by atoms with Gasteiger partial charge in [-0.3, -0.25) is 0 Å². The fourth-order valence-corrected chi connectivity index (χ4v) is 3.50. The maximum absolute atomic E-state index is 5.95. The molecule has 4 unspecified atom stereocenters.